The first-order valence-electron chi connectivity index (χ1n) is 11.6. The van der Waals surface area contributed by atoms with Crippen LogP contribution in [0.25, 0.3) is 5.69 Å². The SMILES string of the molecule is CCc1cnn(-c2ccc(C(=O)N[C@@H]3C[C@@H]4CC[C@H]3N4Cc3ccc(OC)cc3)c(Cl)c2)c1. The summed E-state index contributed by atoms with van der Waals surface area (Å²) >= 11 is 6.52. The summed E-state index contributed by atoms with van der Waals surface area (Å²) in [5.41, 5.74) is 3.78. The topological polar surface area (TPSA) is 59.4 Å². The molecule has 1 amide bonds. The molecule has 0 aliphatic carbocycles. The van der Waals surface area contributed by atoms with Crippen molar-refractivity contribution in [2.24, 2.45) is 0 Å². The number of ether oxygens (including phenoxy) is 1. The maximum atomic E-state index is 13.1. The molecule has 1 aromatic heterocycles. The van der Waals surface area contributed by atoms with E-state index in [0.29, 0.717) is 22.7 Å². The Balaban J connectivity index is 1.25. The lowest BCUT2D eigenvalue weighted by Gasteiger charge is -2.25. The summed E-state index contributed by atoms with van der Waals surface area (Å²) in [7, 11) is 1.68. The van der Waals surface area contributed by atoms with Crippen LogP contribution in [0.15, 0.2) is 54.9 Å². The van der Waals surface area contributed by atoms with Crippen LogP contribution < -0.4 is 10.1 Å². The first-order chi connectivity index (χ1) is 16.1. The maximum Gasteiger partial charge on any atom is 0.253 e. The minimum absolute atomic E-state index is 0.108. The van der Waals surface area contributed by atoms with E-state index in [1.807, 2.05) is 30.6 Å². The van der Waals surface area contributed by atoms with E-state index in [2.05, 4.69) is 34.4 Å². The van der Waals surface area contributed by atoms with Gasteiger partial charge in [0.2, 0.25) is 0 Å². The molecular weight excluding hydrogens is 436 g/mol. The standard InChI is InChI=1S/C26H29ClN4O2/c1-3-17-14-28-31(16-17)20-6-10-22(23(27)12-20)26(32)29-24-13-19-7-11-25(24)30(19)15-18-4-8-21(33-2)9-5-18/h4-6,8-10,12,14,16,19,24-25H,3,7,11,13,15H2,1-2H3,(H,29,32)/t19-,24+,25+/m0/s1. The van der Waals surface area contributed by atoms with Crippen molar-refractivity contribution in [3.63, 3.8) is 0 Å². The van der Waals surface area contributed by atoms with Crippen LogP contribution in [0, 0.1) is 0 Å². The van der Waals surface area contributed by atoms with Gasteiger partial charge in [-0.1, -0.05) is 30.7 Å². The number of hydrogen-bond donors (Lipinski definition) is 1. The second-order valence-corrected chi connectivity index (χ2v) is 9.35. The number of amides is 1. The minimum Gasteiger partial charge on any atom is -0.497 e. The molecule has 2 aliphatic heterocycles. The second-order valence-electron chi connectivity index (χ2n) is 8.95. The summed E-state index contributed by atoms with van der Waals surface area (Å²) in [6.07, 6.45) is 8.03. The fourth-order valence-electron chi connectivity index (χ4n) is 5.21. The summed E-state index contributed by atoms with van der Waals surface area (Å²) in [5, 5.41) is 8.09. The molecule has 6 nitrogen and oxygen atoms in total. The number of aryl methyl sites for hydroxylation is 1. The van der Waals surface area contributed by atoms with Crippen LogP contribution in [0.2, 0.25) is 5.02 Å². The van der Waals surface area contributed by atoms with E-state index in [-0.39, 0.29) is 11.9 Å². The van der Waals surface area contributed by atoms with E-state index in [9.17, 15) is 4.79 Å². The number of hydrogen-bond acceptors (Lipinski definition) is 4. The van der Waals surface area contributed by atoms with Gasteiger partial charge >= 0.3 is 0 Å². The molecule has 3 atom stereocenters. The quantitative estimate of drug-likeness (QED) is 0.553. The lowest BCUT2D eigenvalue weighted by Crippen LogP contribution is -2.43. The molecule has 2 bridgehead atoms. The molecule has 0 radical (unpaired) electrons. The Morgan fingerprint density at radius 2 is 2.00 bits per heavy atom. The molecule has 0 saturated carbocycles. The number of rotatable bonds is 7. The van der Waals surface area contributed by atoms with Gasteiger partial charge in [-0.3, -0.25) is 9.69 Å². The smallest absolute Gasteiger partial charge is 0.253 e. The molecule has 7 heteroatoms. The molecule has 0 unspecified atom stereocenters. The van der Waals surface area contributed by atoms with Crippen LogP contribution in [0.3, 0.4) is 0 Å². The zero-order valence-corrected chi connectivity index (χ0v) is 19.8. The van der Waals surface area contributed by atoms with E-state index < -0.39 is 0 Å². The number of aromatic nitrogens is 2. The van der Waals surface area contributed by atoms with Crippen LogP contribution in [-0.2, 0) is 13.0 Å². The zero-order chi connectivity index (χ0) is 22.9. The van der Waals surface area contributed by atoms with Crippen molar-refractivity contribution >= 4 is 17.5 Å². The number of fused-ring (bicyclic) bond motifs is 2. The van der Waals surface area contributed by atoms with Crippen LogP contribution in [0.5, 0.6) is 5.75 Å². The van der Waals surface area contributed by atoms with E-state index >= 15 is 0 Å². The monoisotopic (exact) mass is 464 g/mol. The molecule has 2 fully saturated rings. The van der Waals surface area contributed by atoms with Crippen molar-refractivity contribution in [3.8, 4) is 11.4 Å². The highest BCUT2D eigenvalue weighted by Gasteiger charge is 2.46. The Morgan fingerprint density at radius 3 is 2.70 bits per heavy atom. The third kappa shape index (κ3) is 4.37. The van der Waals surface area contributed by atoms with E-state index in [4.69, 9.17) is 16.3 Å². The van der Waals surface area contributed by atoms with E-state index in [1.165, 1.54) is 12.0 Å². The molecule has 1 N–H and O–H groups in total. The predicted octanol–water partition coefficient (Wildman–Crippen LogP) is 4.63. The Kier molecular flexibility index (Phi) is 6.13. The molecule has 172 valence electrons. The molecule has 2 aromatic carbocycles. The van der Waals surface area contributed by atoms with Gasteiger partial charge in [0, 0.05) is 30.9 Å². The van der Waals surface area contributed by atoms with Gasteiger partial charge in [-0.15, -0.1) is 0 Å². The van der Waals surface area contributed by atoms with Crippen LogP contribution in [0.4, 0.5) is 0 Å². The van der Waals surface area contributed by atoms with Crippen LogP contribution in [0.1, 0.15) is 47.7 Å². The average molecular weight is 465 g/mol. The average Bonchev–Trinajstić information content (AvgIpc) is 3.54. The van der Waals surface area contributed by atoms with Crippen molar-refractivity contribution in [2.75, 3.05) is 7.11 Å². The van der Waals surface area contributed by atoms with Gasteiger partial charge in [0.25, 0.3) is 5.91 Å². The summed E-state index contributed by atoms with van der Waals surface area (Å²) in [5.74, 6) is 0.762. The normalized spacial score (nSPS) is 22.0. The minimum atomic E-state index is -0.108. The maximum absolute atomic E-state index is 13.1. The molecule has 3 heterocycles. The molecule has 33 heavy (non-hydrogen) atoms. The number of halogens is 1. The summed E-state index contributed by atoms with van der Waals surface area (Å²) in [4.78, 5) is 15.6. The van der Waals surface area contributed by atoms with Crippen molar-refractivity contribution in [3.05, 3.63) is 76.6 Å². The number of benzene rings is 2. The summed E-state index contributed by atoms with van der Waals surface area (Å²) in [6.45, 7) is 2.99. The van der Waals surface area contributed by atoms with Gasteiger partial charge < -0.3 is 10.1 Å². The molecule has 5 rings (SSSR count). The van der Waals surface area contributed by atoms with E-state index in [0.717, 1.165) is 42.8 Å². The first-order valence-corrected chi connectivity index (χ1v) is 12.0. The van der Waals surface area contributed by atoms with Crippen LogP contribution in [-0.4, -0.2) is 45.8 Å². The number of carbonyl (C=O) groups is 1. The van der Waals surface area contributed by atoms with Crippen molar-refractivity contribution in [2.45, 2.75) is 57.3 Å². The third-order valence-electron chi connectivity index (χ3n) is 7.03. The highest BCUT2D eigenvalue weighted by Crippen LogP contribution is 2.39. The van der Waals surface area contributed by atoms with Crippen molar-refractivity contribution in [1.29, 1.82) is 0 Å². The van der Waals surface area contributed by atoms with Gasteiger partial charge in [0.05, 0.1) is 29.6 Å². The number of carbonyl (C=O) groups excluding carboxylic acids is 1. The molecular formula is C26H29ClN4O2. The molecule has 3 aromatic rings. The Morgan fingerprint density at radius 1 is 1.18 bits per heavy atom. The number of nitrogens with one attached hydrogen (secondary N) is 1. The van der Waals surface area contributed by atoms with Crippen molar-refractivity contribution < 1.29 is 9.53 Å². The van der Waals surface area contributed by atoms with Gasteiger partial charge in [-0.05, 0) is 67.1 Å². The fourth-order valence-corrected chi connectivity index (χ4v) is 5.47. The van der Waals surface area contributed by atoms with E-state index in [1.54, 1.807) is 23.9 Å². The first kappa shape index (κ1) is 22.0. The highest BCUT2D eigenvalue weighted by atomic mass is 35.5. The number of nitrogens with zero attached hydrogens (tertiary/aromatic N) is 3. The van der Waals surface area contributed by atoms with Gasteiger partial charge in [0.1, 0.15) is 5.75 Å². The van der Waals surface area contributed by atoms with Gasteiger partial charge in [0.15, 0.2) is 0 Å². The Hall–Kier alpha value is -2.83. The number of methoxy groups -OCH3 is 1. The molecule has 2 aliphatic rings. The summed E-state index contributed by atoms with van der Waals surface area (Å²) in [6, 6.07) is 14.7. The zero-order valence-electron chi connectivity index (χ0n) is 19.0. The molecule has 0 spiro atoms. The van der Waals surface area contributed by atoms with Gasteiger partial charge in [-0.2, -0.15) is 5.10 Å². The third-order valence-corrected chi connectivity index (χ3v) is 7.34. The fraction of sp³-hybridized carbons (Fsp3) is 0.385. The highest BCUT2D eigenvalue weighted by molar-refractivity contribution is 6.34. The molecule has 2 saturated heterocycles. The lowest BCUT2D eigenvalue weighted by atomic mass is 9.95. The predicted molar refractivity (Wildman–Crippen MR) is 129 cm³/mol. The second kappa shape index (κ2) is 9.20. The summed E-state index contributed by atoms with van der Waals surface area (Å²) < 4.78 is 7.06. The van der Waals surface area contributed by atoms with Crippen LogP contribution >= 0.6 is 11.6 Å². The lowest BCUT2D eigenvalue weighted by molar-refractivity contribution is 0.0925. The van der Waals surface area contributed by atoms with Crippen molar-refractivity contribution in [1.82, 2.24) is 20.0 Å². The van der Waals surface area contributed by atoms with Gasteiger partial charge in [-0.25, -0.2) is 4.68 Å². The Bertz CT molecular complexity index is 1140. The Labute approximate surface area is 199 Å². The largest absolute Gasteiger partial charge is 0.497 e.